The quantitative estimate of drug-likeness (QED) is 0.508. The summed E-state index contributed by atoms with van der Waals surface area (Å²) in [6.07, 6.45) is 0. The Kier molecular flexibility index (Phi) is 4.91. The lowest BCUT2D eigenvalue weighted by Gasteiger charge is -2.06. The molecule has 5 nitrogen and oxygen atoms in total. The summed E-state index contributed by atoms with van der Waals surface area (Å²) >= 11 is 0. The molecule has 0 bridgehead atoms. The van der Waals surface area contributed by atoms with Crippen LogP contribution in [0.4, 0.5) is 10.1 Å². The minimum absolute atomic E-state index is 0.328. The number of anilines is 1. The van der Waals surface area contributed by atoms with Crippen molar-refractivity contribution in [3.8, 4) is 22.9 Å². The highest BCUT2D eigenvalue weighted by Gasteiger charge is 2.12. The first-order valence-electron chi connectivity index (χ1n) is 9.08. The first-order valence-corrected chi connectivity index (χ1v) is 9.08. The van der Waals surface area contributed by atoms with E-state index in [1.807, 2.05) is 31.2 Å². The van der Waals surface area contributed by atoms with Gasteiger partial charge < -0.3 is 9.73 Å². The van der Waals surface area contributed by atoms with E-state index in [1.165, 1.54) is 6.07 Å². The predicted molar refractivity (Wildman–Crippen MR) is 109 cm³/mol. The van der Waals surface area contributed by atoms with E-state index in [4.69, 9.17) is 4.42 Å². The van der Waals surface area contributed by atoms with E-state index < -0.39 is 0 Å². The van der Waals surface area contributed by atoms with Crippen molar-refractivity contribution >= 4 is 11.6 Å². The van der Waals surface area contributed by atoms with Gasteiger partial charge in [-0.1, -0.05) is 23.8 Å². The molecule has 0 fully saturated rings. The Balaban J connectivity index is 1.49. The van der Waals surface area contributed by atoms with E-state index in [0.717, 1.165) is 11.1 Å². The molecule has 0 unspecified atom stereocenters. The summed E-state index contributed by atoms with van der Waals surface area (Å²) in [5.41, 5.74) is 4.06. The Morgan fingerprint density at radius 1 is 0.862 bits per heavy atom. The maximum Gasteiger partial charge on any atom is 0.255 e. The number of halogens is 1. The average molecular weight is 387 g/mol. The maximum absolute atomic E-state index is 13.6. The van der Waals surface area contributed by atoms with Gasteiger partial charge in [-0.2, -0.15) is 0 Å². The molecule has 4 aromatic rings. The van der Waals surface area contributed by atoms with E-state index in [9.17, 15) is 9.18 Å². The zero-order chi connectivity index (χ0) is 20.4. The Hall–Kier alpha value is -3.80. The number of rotatable bonds is 4. The predicted octanol–water partition coefficient (Wildman–Crippen LogP) is 5.41. The van der Waals surface area contributed by atoms with Crippen LogP contribution in [0.3, 0.4) is 0 Å². The number of amides is 1. The van der Waals surface area contributed by atoms with Gasteiger partial charge in [0.05, 0.1) is 0 Å². The van der Waals surface area contributed by atoms with Crippen LogP contribution in [0.25, 0.3) is 22.9 Å². The molecule has 3 aromatic carbocycles. The molecule has 144 valence electrons. The smallest absolute Gasteiger partial charge is 0.255 e. The third-order valence-electron chi connectivity index (χ3n) is 4.55. The van der Waals surface area contributed by atoms with Crippen LogP contribution in [0.15, 0.2) is 71.1 Å². The molecule has 1 N–H and O–H groups in total. The second-order valence-electron chi connectivity index (χ2n) is 6.77. The summed E-state index contributed by atoms with van der Waals surface area (Å²) in [6.45, 7) is 3.68. The molecule has 0 aliphatic rings. The van der Waals surface area contributed by atoms with Crippen molar-refractivity contribution in [1.82, 2.24) is 10.2 Å². The highest BCUT2D eigenvalue weighted by atomic mass is 19.1. The van der Waals surface area contributed by atoms with Gasteiger partial charge in [-0.3, -0.25) is 4.79 Å². The van der Waals surface area contributed by atoms with Crippen LogP contribution < -0.4 is 5.32 Å². The van der Waals surface area contributed by atoms with Crippen LogP contribution >= 0.6 is 0 Å². The van der Waals surface area contributed by atoms with Crippen molar-refractivity contribution in [1.29, 1.82) is 0 Å². The summed E-state index contributed by atoms with van der Waals surface area (Å²) < 4.78 is 19.4. The van der Waals surface area contributed by atoms with E-state index >= 15 is 0 Å². The molecular weight excluding hydrogens is 369 g/mol. The number of nitrogens with zero attached hydrogens (tertiary/aromatic N) is 2. The van der Waals surface area contributed by atoms with Crippen molar-refractivity contribution in [3.63, 3.8) is 0 Å². The van der Waals surface area contributed by atoms with Crippen LogP contribution in [0.1, 0.15) is 21.5 Å². The molecule has 0 saturated carbocycles. The summed E-state index contributed by atoms with van der Waals surface area (Å²) in [4.78, 5) is 12.4. The van der Waals surface area contributed by atoms with E-state index in [-0.39, 0.29) is 11.7 Å². The summed E-state index contributed by atoms with van der Waals surface area (Å²) in [5, 5.41) is 10.9. The molecule has 1 aromatic heterocycles. The number of hydrogen-bond donors (Lipinski definition) is 1. The van der Waals surface area contributed by atoms with Gasteiger partial charge in [-0.15, -0.1) is 10.2 Å². The van der Waals surface area contributed by atoms with Gasteiger partial charge in [0.1, 0.15) is 5.82 Å². The Bertz CT molecular complexity index is 1170. The van der Waals surface area contributed by atoms with Gasteiger partial charge in [0.2, 0.25) is 11.8 Å². The second-order valence-corrected chi connectivity index (χ2v) is 6.77. The first-order chi connectivity index (χ1) is 14.0. The third-order valence-corrected chi connectivity index (χ3v) is 4.55. The molecule has 0 radical (unpaired) electrons. The largest absolute Gasteiger partial charge is 0.416 e. The van der Waals surface area contributed by atoms with Gasteiger partial charge in [0.25, 0.3) is 5.91 Å². The van der Waals surface area contributed by atoms with Crippen molar-refractivity contribution in [3.05, 3.63) is 89.2 Å². The Morgan fingerprint density at radius 2 is 1.45 bits per heavy atom. The fraction of sp³-hybridized carbons (Fsp3) is 0.0870. The van der Waals surface area contributed by atoms with Crippen molar-refractivity contribution in [2.45, 2.75) is 13.8 Å². The molecular formula is C23H18FN3O2. The molecule has 4 rings (SSSR count). The summed E-state index contributed by atoms with van der Waals surface area (Å²) in [5.74, 6) is 0.112. The molecule has 0 aliphatic carbocycles. The standard InChI is InChI=1S/C23H18FN3O2/c1-14-3-6-17(7-4-14)22-26-27-23(29-22)18-10-8-16(9-11-18)21(28)25-19-12-5-15(2)20(24)13-19/h3-13H,1-2H3,(H,25,28). The zero-order valence-corrected chi connectivity index (χ0v) is 15.9. The van der Waals surface area contributed by atoms with Crippen molar-refractivity contribution < 1.29 is 13.6 Å². The van der Waals surface area contributed by atoms with Gasteiger partial charge in [0.15, 0.2) is 0 Å². The number of nitrogens with one attached hydrogen (secondary N) is 1. The van der Waals surface area contributed by atoms with Crippen LogP contribution in [-0.2, 0) is 0 Å². The van der Waals surface area contributed by atoms with E-state index in [0.29, 0.717) is 34.2 Å². The molecule has 0 aliphatic heterocycles. The van der Waals surface area contributed by atoms with Crippen LogP contribution in [0.5, 0.6) is 0 Å². The van der Waals surface area contributed by atoms with Crippen LogP contribution in [-0.4, -0.2) is 16.1 Å². The molecule has 0 saturated heterocycles. The Labute approximate surface area is 167 Å². The fourth-order valence-electron chi connectivity index (χ4n) is 2.79. The van der Waals surface area contributed by atoms with Crippen LogP contribution in [0, 0.1) is 19.7 Å². The molecule has 1 heterocycles. The number of hydrogen-bond acceptors (Lipinski definition) is 4. The molecule has 0 spiro atoms. The normalized spacial score (nSPS) is 10.7. The number of carbonyl (C=O) groups excluding carboxylic acids is 1. The second kappa shape index (κ2) is 7.67. The summed E-state index contributed by atoms with van der Waals surface area (Å²) in [6, 6.07) is 19.2. The first kappa shape index (κ1) is 18.6. The zero-order valence-electron chi connectivity index (χ0n) is 15.9. The lowest BCUT2D eigenvalue weighted by molar-refractivity contribution is 0.102. The van der Waals surface area contributed by atoms with Crippen molar-refractivity contribution in [2.75, 3.05) is 5.32 Å². The molecule has 0 atom stereocenters. The van der Waals surface area contributed by atoms with Crippen LogP contribution in [0.2, 0.25) is 0 Å². The number of carbonyl (C=O) groups is 1. The van der Waals surface area contributed by atoms with Gasteiger partial charge in [0, 0.05) is 22.4 Å². The highest BCUT2D eigenvalue weighted by Crippen LogP contribution is 2.24. The minimum atomic E-state index is -0.362. The van der Waals surface area contributed by atoms with Gasteiger partial charge in [-0.05, 0) is 67.9 Å². The number of aryl methyl sites for hydroxylation is 2. The van der Waals surface area contributed by atoms with E-state index in [2.05, 4.69) is 15.5 Å². The molecule has 1 amide bonds. The maximum atomic E-state index is 13.6. The highest BCUT2D eigenvalue weighted by molar-refractivity contribution is 6.04. The summed E-state index contributed by atoms with van der Waals surface area (Å²) in [7, 11) is 0. The third kappa shape index (κ3) is 4.06. The minimum Gasteiger partial charge on any atom is -0.416 e. The lowest BCUT2D eigenvalue weighted by atomic mass is 10.1. The van der Waals surface area contributed by atoms with Crippen molar-refractivity contribution in [2.24, 2.45) is 0 Å². The SMILES string of the molecule is Cc1ccc(-c2nnc(-c3ccc(C(=O)Nc4ccc(C)c(F)c4)cc3)o2)cc1. The molecule has 6 heteroatoms. The molecule has 29 heavy (non-hydrogen) atoms. The topological polar surface area (TPSA) is 68.0 Å². The Morgan fingerprint density at radius 3 is 2.03 bits per heavy atom. The lowest BCUT2D eigenvalue weighted by Crippen LogP contribution is -2.12. The van der Waals surface area contributed by atoms with Gasteiger partial charge in [-0.25, -0.2) is 4.39 Å². The number of benzene rings is 3. The van der Waals surface area contributed by atoms with E-state index in [1.54, 1.807) is 43.3 Å². The van der Waals surface area contributed by atoms with Gasteiger partial charge >= 0.3 is 0 Å². The average Bonchev–Trinajstić information content (AvgIpc) is 3.21. The monoisotopic (exact) mass is 387 g/mol. The number of aromatic nitrogens is 2. The fourth-order valence-corrected chi connectivity index (χ4v) is 2.79.